The van der Waals surface area contributed by atoms with Gasteiger partial charge in [-0.05, 0) is 48.1 Å². The van der Waals surface area contributed by atoms with E-state index in [1.54, 1.807) is 18.6 Å². The number of hydrogen-bond acceptors (Lipinski definition) is 7. The fourth-order valence-electron chi connectivity index (χ4n) is 7.08. The molecule has 7 heteroatoms. The van der Waals surface area contributed by atoms with Crippen molar-refractivity contribution in [1.29, 1.82) is 0 Å². The summed E-state index contributed by atoms with van der Waals surface area (Å²) in [5.41, 5.74) is 0.399. The van der Waals surface area contributed by atoms with Crippen molar-refractivity contribution in [2.45, 2.75) is 58.3 Å². The highest BCUT2D eigenvalue weighted by Crippen LogP contribution is 2.65. The van der Waals surface area contributed by atoms with Crippen molar-refractivity contribution >= 4 is 17.7 Å². The number of benzene rings is 1. The van der Waals surface area contributed by atoms with Gasteiger partial charge in [-0.2, -0.15) is 0 Å². The van der Waals surface area contributed by atoms with Crippen LogP contribution < -0.4 is 0 Å². The van der Waals surface area contributed by atoms with E-state index < -0.39 is 40.8 Å². The van der Waals surface area contributed by atoms with E-state index in [2.05, 4.69) is 0 Å². The van der Waals surface area contributed by atoms with Crippen LogP contribution in [0.4, 0.5) is 0 Å². The fourth-order valence-corrected chi connectivity index (χ4v) is 7.08. The van der Waals surface area contributed by atoms with E-state index in [9.17, 15) is 14.4 Å². The molecule has 0 radical (unpaired) electrons. The molecule has 2 heterocycles. The van der Waals surface area contributed by atoms with Crippen molar-refractivity contribution in [1.82, 2.24) is 0 Å². The monoisotopic (exact) mass is 480 g/mol. The summed E-state index contributed by atoms with van der Waals surface area (Å²) >= 11 is 0. The van der Waals surface area contributed by atoms with Crippen LogP contribution in [0.15, 0.2) is 53.3 Å². The van der Waals surface area contributed by atoms with E-state index in [0.29, 0.717) is 19.3 Å². The number of carbonyl (C=O) groups is 3. The van der Waals surface area contributed by atoms with Crippen LogP contribution in [-0.4, -0.2) is 30.9 Å². The Kier molecular flexibility index (Phi) is 6.08. The molecule has 0 N–H and O–H groups in total. The maximum absolute atomic E-state index is 14.2. The Bertz CT molecular complexity index is 1090. The SMILES string of the molecule is COC(=O)[C@@H]1C[C@H](OCc2ccccc2)C(=O)[C@H]2[C@@]1(C)CCC1C(=O)O[C@@H](c3ccoc3)C[C@@]12C. The maximum Gasteiger partial charge on any atom is 0.310 e. The standard InChI is InChI=1S/C28H32O7/c1-27-11-9-19-26(31)35-22(18-10-12-33-16-18)14-28(19,2)24(27)23(29)21(13-20(27)25(30)32-3)34-15-17-7-5-4-6-8-17/h4-8,10,12,16,19-22,24H,9,11,13-15H2,1-3H3/t19?,20-,21-,22+,24-,27-,28-/m0/s1. The number of rotatable bonds is 5. The Labute approximate surface area is 205 Å². The first kappa shape index (κ1) is 23.8. The zero-order chi connectivity index (χ0) is 24.8. The Morgan fingerprint density at radius 3 is 2.57 bits per heavy atom. The third-order valence-electron chi connectivity index (χ3n) is 8.80. The molecule has 1 aromatic carbocycles. The summed E-state index contributed by atoms with van der Waals surface area (Å²) < 4.78 is 22.4. The molecule has 0 spiro atoms. The van der Waals surface area contributed by atoms with Gasteiger partial charge in [0.1, 0.15) is 12.2 Å². The van der Waals surface area contributed by atoms with Gasteiger partial charge >= 0.3 is 11.9 Å². The maximum atomic E-state index is 14.2. The van der Waals surface area contributed by atoms with Gasteiger partial charge in [-0.1, -0.05) is 44.2 Å². The summed E-state index contributed by atoms with van der Waals surface area (Å²) in [5, 5.41) is 0. The number of esters is 2. The van der Waals surface area contributed by atoms with Crippen molar-refractivity contribution in [3.05, 3.63) is 60.1 Å². The first-order chi connectivity index (χ1) is 16.8. The third-order valence-corrected chi connectivity index (χ3v) is 8.80. The van der Waals surface area contributed by atoms with E-state index in [1.807, 2.05) is 44.2 Å². The number of furan rings is 1. The van der Waals surface area contributed by atoms with E-state index in [0.717, 1.165) is 11.1 Å². The van der Waals surface area contributed by atoms with Gasteiger partial charge in [0.2, 0.25) is 0 Å². The Morgan fingerprint density at radius 1 is 1.11 bits per heavy atom. The molecule has 186 valence electrons. The van der Waals surface area contributed by atoms with Crippen molar-refractivity contribution in [3.8, 4) is 0 Å². The quantitative estimate of drug-likeness (QED) is 0.575. The molecule has 2 aromatic rings. The third kappa shape index (κ3) is 3.90. The predicted molar refractivity (Wildman–Crippen MR) is 125 cm³/mol. The van der Waals surface area contributed by atoms with Crippen molar-refractivity contribution in [2.75, 3.05) is 7.11 Å². The molecular formula is C28H32O7. The van der Waals surface area contributed by atoms with Gasteiger partial charge in [0.15, 0.2) is 5.78 Å². The number of ether oxygens (including phenoxy) is 3. The molecule has 1 aromatic heterocycles. The highest BCUT2D eigenvalue weighted by atomic mass is 16.5. The highest BCUT2D eigenvalue weighted by Gasteiger charge is 2.67. The van der Waals surface area contributed by atoms with Gasteiger partial charge in [0.25, 0.3) is 0 Å². The van der Waals surface area contributed by atoms with Crippen LogP contribution in [0.25, 0.3) is 0 Å². The molecule has 3 fully saturated rings. The molecule has 0 bridgehead atoms. The number of methoxy groups -OCH3 is 1. The van der Waals surface area contributed by atoms with Crippen LogP contribution in [0.3, 0.4) is 0 Å². The molecule has 0 amide bonds. The van der Waals surface area contributed by atoms with Gasteiger partial charge in [-0.3, -0.25) is 14.4 Å². The second kappa shape index (κ2) is 8.94. The van der Waals surface area contributed by atoms with Crippen LogP contribution in [0, 0.1) is 28.6 Å². The van der Waals surface area contributed by atoms with Crippen LogP contribution in [0.2, 0.25) is 0 Å². The summed E-state index contributed by atoms with van der Waals surface area (Å²) in [7, 11) is 1.39. The lowest BCUT2D eigenvalue weighted by Gasteiger charge is -2.61. The molecule has 1 aliphatic heterocycles. The lowest BCUT2D eigenvalue weighted by Crippen LogP contribution is -2.64. The minimum Gasteiger partial charge on any atom is -0.472 e. The van der Waals surface area contributed by atoms with E-state index in [4.69, 9.17) is 18.6 Å². The van der Waals surface area contributed by atoms with Gasteiger partial charge in [0, 0.05) is 11.5 Å². The van der Waals surface area contributed by atoms with Gasteiger partial charge in [-0.15, -0.1) is 0 Å². The lowest BCUT2D eigenvalue weighted by molar-refractivity contribution is -0.210. The minimum atomic E-state index is -0.752. The first-order valence-electron chi connectivity index (χ1n) is 12.3. The van der Waals surface area contributed by atoms with E-state index in [1.165, 1.54) is 7.11 Å². The van der Waals surface area contributed by atoms with Crippen LogP contribution in [-0.2, 0) is 35.2 Å². The molecule has 7 atom stereocenters. The summed E-state index contributed by atoms with van der Waals surface area (Å²) in [4.78, 5) is 40.4. The molecular weight excluding hydrogens is 448 g/mol. The lowest BCUT2D eigenvalue weighted by atomic mass is 9.43. The minimum absolute atomic E-state index is 0.0311. The van der Waals surface area contributed by atoms with Crippen LogP contribution >= 0.6 is 0 Å². The number of cyclic esters (lactones) is 1. The van der Waals surface area contributed by atoms with Gasteiger partial charge in [-0.25, -0.2) is 0 Å². The number of hydrogen-bond donors (Lipinski definition) is 0. The smallest absolute Gasteiger partial charge is 0.310 e. The summed E-state index contributed by atoms with van der Waals surface area (Å²) in [6, 6.07) is 11.4. The molecule has 1 unspecified atom stereocenters. The van der Waals surface area contributed by atoms with Gasteiger partial charge in [0.05, 0.1) is 38.1 Å². The average molecular weight is 481 g/mol. The van der Waals surface area contributed by atoms with E-state index >= 15 is 0 Å². The zero-order valence-electron chi connectivity index (χ0n) is 20.4. The molecule has 5 rings (SSSR count). The van der Waals surface area contributed by atoms with E-state index in [-0.39, 0.29) is 30.7 Å². The summed E-state index contributed by atoms with van der Waals surface area (Å²) in [6.07, 6.45) is 3.77. The number of ketones is 1. The molecule has 2 saturated carbocycles. The molecule has 7 nitrogen and oxygen atoms in total. The summed E-state index contributed by atoms with van der Waals surface area (Å²) in [5.74, 6) is -2.11. The zero-order valence-corrected chi connectivity index (χ0v) is 20.4. The van der Waals surface area contributed by atoms with Crippen molar-refractivity contribution in [2.24, 2.45) is 28.6 Å². The molecule has 2 aliphatic carbocycles. The second-order valence-electron chi connectivity index (χ2n) is 10.7. The number of carbonyl (C=O) groups excluding carboxylic acids is 3. The second-order valence-corrected chi connectivity index (χ2v) is 10.7. The average Bonchev–Trinajstić information content (AvgIpc) is 3.38. The molecule has 35 heavy (non-hydrogen) atoms. The Hall–Kier alpha value is -2.93. The van der Waals surface area contributed by atoms with Crippen molar-refractivity contribution < 1.29 is 33.0 Å². The largest absolute Gasteiger partial charge is 0.472 e. The molecule has 3 aliphatic rings. The Morgan fingerprint density at radius 2 is 1.89 bits per heavy atom. The predicted octanol–water partition coefficient (Wildman–Crippen LogP) is 4.65. The van der Waals surface area contributed by atoms with Gasteiger partial charge < -0.3 is 18.6 Å². The Balaban J connectivity index is 1.52. The normalized spacial score (nSPS) is 36.6. The first-order valence-corrected chi connectivity index (χ1v) is 12.3. The summed E-state index contributed by atoms with van der Waals surface area (Å²) in [6.45, 7) is 4.30. The number of fused-ring (bicyclic) bond motifs is 3. The van der Waals surface area contributed by atoms with Crippen LogP contribution in [0.1, 0.15) is 56.8 Å². The van der Waals surface area contributed by atoms with Crippen LogP contribution in [0.5, 0.6) is 0 Å². The molecule has 1 saturated heterocycles. The fraction of sp³-hybridized carbons (Fsp3) is 0.536. The number of Topliss-reactive ketones (excluding diaryl/α,β-unsaturated/α-hetero) is 1. The topological polar surface area (TPSA) is 92.0 Å². The van der Waals surface area contributed by atoms with Crippen molar-refractivity contribution in [3.63, 3.8) is 0 Å². The highest BCUT2D eigenvalue weighted by molar-refractivity contribution is 5.92.